The molecule has 0 aromatic heterocycles. The van der Waals surface area contributed by atoms with Crippen LogP contribution in [0, 0.1) is 0 Å². The lowest BCUT2D eigenvalue weighted by Crippen LogP contribution is -2.57. The first-order valence-electron chi connectivity index (χ1n) is 10.3. The normalized spacial score (nSPS) is 14.1. The first-order valence-corrected chi connectivity index (χ1v) is 12.3. The van der Waals surface area contributed by atoms with Crippen LogP contribution < -0.4 is 38.9 Å². The van der Waals surface area contributed by atoms with Crippen molar-refractivity contribution in [2.75, 3.05) is 24.3 Å². The molecule has 0 aromatic rings. The minimum absolute atomic E-state index is 0.0810. The number of guanidine groups is 1. The number of primary amides is 1. The Morgan fingerprint density at radius 2 is 1.50 bits per heavy atom. The van der Waals surface area contributed by atoms with E-state index < -0.39 is 60.2 Å². The van der Waals surface area contributed by atoms with Crippen LogP contribution in [0.25, 0.3) is 0 Å². The van der Waals surface area contributed by atoms with Gasteiger partial charge in [0, 0.05) is 12.3 Å². The van der Waals surface area contributed by atoms with Crippen molar-refractivity contribution < 1.29 is 29.1 Å². The molecule has 0 heterocycles. The summed E-state index contributed by atoms with van der Waals surface area (Å²) in [5.74, 6) is -4.07. The second-order valence-corrected chi connectivity index (χ2v) is 8.56. The van der Waals surface area contributed by atoms with Gasteiger partial charge in [0.15, 0.2) is 5.96 Å². The third kappa shape index (κ3) is 13.1. The number of thiol groups is 1. The summed E-state index contributed by atoms with van der Waals surface area (Å²) in [7, 11) is 0. The molecular weight excluding hydrogens is 488 g/mol. The number of aliphatic imine (C=N–C) groups is 1. The molecule has 0 aliphatic carbocycles. The zero-order chi connectivity index (χ0) is 26.3. The Hall–Kier alpha value is -2.72. The predicted molar refractivity (Wildman–Crippen MR) is 132 cm³/mol. The number of carbonyl (C=O) groups is 5. The van der Waals surface area contributed by atoms with Crippen molar-refractivity contribution in [3.63, 3.8) is 0 Å². The summed E-state index contributed by atoms with van der Waals surface area (Å²) in [4.78, 5) is 63.9. The molecule has 0 saturated carbocycles. The second kappa shape index (κ2) is 16.8. The molecule has 0 aliphatic rings. The highest BCUT2D eigenvalue weighted by Crippen LogP contribution is 2.05. The number of nitrogens with one attached hydrogen (secondary N) is 3. The maximum Gasteiger partial charge on any atom is 0.326 e. The van der Waals surface area contributed by atoms with E-state index in [9.17, 15) is 29.1 Å². The smallest absolute Gasteiger partial charge is 0.326 e. The highest BCUT2D eigenvalue weighted by molar-refractivity contribution is 7.98. The van der Waals surface area contributed by atoms with Crippen LogP contribution >= 0.6 is 24.4 Å². The third-order valence-electron chi connectivity index (χ3n) is 4.38. The lowest BCUT2D eigenvalue weighted by atomic mass is 10.1. The van der Waals surface area contributed by atoms with Gasteiger partial charge in [-0.2, -0.15) is 24.4 Å². The van der Waals surface area contributed by atoms with E-state index in [0.29, 0.717) is 12.2 Å². The lowest BCUT2D eigenvalue weighted by molar-refractivity contribution is -0.142. The van der Waals surface area contributed by atoms with Crippen molar-refractivity contribution in [2.45, 2.75) is 49.9 Å². The van der Waals surface area contributed by atoms with Crippen molar-refractivity contribution in [1.29, 1.82) is 0 Å². The number of nitrogens with zero attached hydrogens (tertiary/aromatic N) is 1. The number of amides is 4. The SMILES string of the molecule is CSCCC(NC(=O)C(CCCN=C(N)N)NC(=O)C(CS)NC(=O)C(N)CC(N)=O)C(=O)O. The number of hydrogen-bond donors (Lipinski definition) is 9. The Balaban J connectivity index is 5.38. The Bertz CT molecular complexity index is 750. The molecule has 0 saturated heterocycles. The molecule has 4 atom stereocenters. The van der Waals surface area contributed by atoms with Crippen molar-refractivity contribution in [1.82, 2.24) is 16.0 Å². The van der Waals surface area contributed by atoms with Gasteiger partial charge in [0.25, 0.3) is 0 Å². The number of hydrogen-bond acceptors (Lipinski definition) is 9. The van der Waals surface area contributed by atoms with E-state index in [1.165, 1.54) is 11.8 Å². The number of thioether (sulfide) groups is 1. The fourth-order valence-electron chi connectivity index (χ4n) is 2.59. The van der Waals surface area contributed by atoms with Crippen LogP contribution in [-0.4, -0.2) is 89.1 Å². The maximum absolute atomic E-state index is 12.8. The fraction of sp³-hybridized carbons (Fsp3) is 0.667. The predicted octanol–water partition coefficient (Wildman–Crippen LogP) is -3.54. The van der Waals surface area contributed by atoms with Gasteiger partial charge in [-0.15, -0.1) is 0 Å². The first kappa shape index (κ1) is 31.3. The van der Waals surface area contributed by atoms with Crippen molar-refractivity contribution >= 4 is 59.9 Å². The number of carbonyl (C=O) groups excluding carboxylic acids is 4. The quantitative estimate of drug-likeness (QED) is 0.0393. The van der Waals surface area contributed by atoms with Gasteiger partial charge >= 0.3 is 5.97 Å². The zero-order valence-corrected chi connectivity index (χ0v) is 20.6. The van der Waals surface area contributed by atoms with Crippen LogP contribution in [0.15, 0.2) is 4.99 Å². The molecule has 0 bridgehead atoms. The molecule has 0 fully saturated rings. The minimum atomic E-state index is -1.26. The molecule has 4 amide bonds. The van der Waals surface area contributed by atoms with Gasteiger partial charge in [-0.3, -0.25) is 24.2 Å². The monoisotopic (exact) mass is 522 g/mol. The molecule has 194 valence electrons. The van der Waals surface area contributed by atoms with Gasteiger partial charge in [0.1, 0.15) is 18.1 Å². The van der Waals surface area contributed by atoms with E-state index in [-0.39, 0.29) is 31.1 Å². The number of carboxylic acid groups (broad SMARTS) is 1. The van der Waals surface area contributed by atoms with E-state index in [0.717, 1.165) is 0 Å². The van der Waals surface area contributed by atoms with Gasteiger partial charge in [-0.05, 0) is 31.3 Å². The molecule has 0 spiro atoms. The lowest BCUT2D eigenvalue weighted by Gasteiger charge is -2.24. The molecule has 12 N–H and O–H groups in total. The van der Waals surface area contributed by atoms with Crippen molar-refractivity contribution in [3.05, 3.63) is 0 Å². The van der Waals surface area contributed by atoms with Gasteiger partial charge in [0.2, 0.25) is 23.6 Å². The Kier molecular flexibility index (Phi) is 15.5. The summed E-state index contributed by atoms with van der Waals surface area (Å²) in [5.41, 5.74) is 21.1. The van der Waals surface area contributed by atoms with Crippen LogP contribution in [0.2, 0.25) is 0 Å². The van der Waals surface area contributed by atoms with Crippen molar-refractivity contribution in [2.24, 2.45) is 27.9 Å². The van der Waals surface area contributed by atoms with Gasteiger partial charge in [-0.25, -0.2) is 4.79 Å². The van der Waals surface area contributed by atoms with Gasteiger partial charge in [0.05, 0.1) is 12.5 Å². The summed E-state index contributed by atoms with van der Waals surface area (Å²) >= 11 is 5.46. The van der Waals surface area contributed by atoms with Gasteiger partial charge < -0.3 is 44.0 Å². The van der Waals surface area contributed by atoms with Gasteiger partial charge in [-0.1, -0.05) is 0 Å². The summed E-state index contributed by atoms with van der Waals surface area (Å²) in [5, 5.41) is 16.6. The van der Waals surface area contributed by atoms with Crippen LogP contribution in [0.1, 0.15) is 25.7 Å². The van der Waals surface area contributed by atoms with Crippen LogP contribution in [0.3, 0.4) is 0 Å². The number of rotatable bonds is 17. The largest absolute Gasteiger partial charge is 0.480 e. The molecule has 0 rings (SSSR count). The zero-order valence-electron chi connectivity index (χ0n) is 18.9. The molecule has 0 aliphatic heterocycles. The molecule has 4 unspecified atom stereocenters. The van der Waals surface area contributed by atoms with Crippen LogP contribution in [-0.2, 0) is 24.0 Å². The average Bonchev–Trinajstić information content (AvgIpc) is 2.75. The van der Waals surface area contributed by atoms with E-state index >= 15 is 0 Å². The average molecular weight is 523 g/mol. The maximum atomic E-state index is 12.8. The Morgan fingerprint density at radius 3 is 2.00 bits per heavy atom. The van der Waals surface area contributed by atoms with Crippen molar-refractivity contribution in [3.8, 4) is 0 Å². The Labute approximate surface area is 207 Å². The molecule has 14 nitrogen and oxygen atoms in total. The molecular formula is C18H34N8O6S2. The number of nitrogens with two attached hydrogens (primary N) is 4. The molecule has 0 aromatic carbocycles. The van der Waals surface area contributed by atoms with Crippen LogP contribution in [0.5, 0.6) is 0 Å². The number of carboxylic acids is 1. The topological polar surface area (TPSA) is 258 Å². The highest BCUT2D eigenvalue weighted by Gasteiger charge is 2.29. The third-order valence-corrected chi connectivity index (χ3v) is 5.39. The van der Waals surface area contributed by atoms with E-state index in [4.69, 9.17) is 22.9 Å². The summed E-state index contributed by atoms with van der Waals surface area (Å²) in [6.45, 7) is 0.172. The minimum Gasteiger partial charge on any atom is -0.480 e. The highest BCUT2D eigenvalue weighted by atomic mass is 32.2. The molecule has 34 heavy (non-hydrogen) atoms. The summed E-state index contributed by atoms with van der Waals surface area (Å²) in [6.07, 6.45) is 1.94. The van der Waals surface area contributed by atoms with Crippen LogP contribution in [0.4, 0.5) is 0 Å². The molecule has 16 heteroatoms. The summed E-state index contributed by atoms with van der Waals surface area (Å²) < 4.78 is 0. The van der Waals surface area contributed by atoms with E-state index in [1.54, 1.807) is 6.26 Å². The Morgan fingerprint density at radius 1 is 0.941 bits per heavy atom. The fourth-order valence-corrected chi connectivity index (χ4v) is 3.32. The van der Waals surface area contributed by atoms with E-state index in [2.05, 4.69) is 33.6 Å². The number of aliphatic carboxylic acids is 1. The standard InChI is InChI=1S/C18H34N8O6S2/c1-34-6-4-11(17(31)32)25-15(29)10(3-2-5-23-18(21)22)24-16(30)12(8-33)26-14(28)9(19)7-13(20)27/h9-12,33H,2-8,19H2,1H3,(H2,20,27)(H,24,30)(H,25,29)(H,26,28)(H,31,32)(H4,21,22,23). The van der Waals surface area contributed by atoms with E-state index in [1.807, 2.05) is 0 Å². The second-order valence-electron chi connectivity index (χ2n) is 7.21. The molecule has 0 radical (unpaired) electrons. The first-order chi connectivity index (χ1) is 15.9. The summed E-state index contributed by atoms with van der Waals surface area (Å²) in [6, 6.07) is -4.74.